The number of para-hydroxylation sites is 2. The van der Waals surface area contributed by atoms with Crippen LogP contribution >= 0.6 is 0 Å². The van der Waals surface area contributed by atoms with E-state index in [4.69, 9.17) is 4.42 Å². The fourth-order valence-corrected chi connectivity index (χ4v) is 1.69. The zero-order valence-electron chi connectivity index (χ0n) is 9.84. The number of nitrogens with zero attached hydrogens (tertiary/aromatic N) is 2. The van der Waals surface area contributed by atoms with Gasteiger partial charge in [-0.1, -0.05) is 12.1 Å². The maximum Gasteiger partial charge on any atom is 0.222 e. The number of hydrazone groups is 1. The predicted molar refractivity (Wildman–Crippen MR) is 70.8 cm³/mol. The molecule has 90 valence electrons. The summed E-state index contributed by atoms with van der Waals surface area (Å²) in [5.41, 5.74) is 4.72. The summed E-state index contributed by atoms with van der Waals surface area (Å²) in [6, 6.07) is 11.6. The van der Waals surface area contributed by atoms with Gasteiger partial charge in [0.1, 0.15) is 11.5 Å². The predicted octanol–water partition coefficient (Wildman–Crippen LogP) is 2.91. The SMILES string of the molecule is Cc1ccc(/C=N\Nc2nc3ccccc3[nH]2)o1. The second-order valence-electron chi connectivity index (χ2n) is 3.92. The number of imidazole rings is 1. The molecule has 18 heavy (non-hydrogen) atoms. The van der Waals surface area contributed by atoms with E-state index in [9.17, 15) is 0 Å². The number of H-pyrrole nitrogens is 1. The van der Waals surface area contributed by atoms with E-state index in [2.05, 4.69) is 20.5 Å². The molecule has 2 heterocycles. The van der Waals surface area contributed by atoms with Crippen molar-refractivity contribution in [2.75, 3.05) is 5.43 Å². The fraction of sp³-hybridized carbons (Fsp3) is 0.0769. The number of benzene rings is 1. The molecule has 3 rings (SSSR count). The summed E-state index contributed by atoms with van der Waals surface area (Å²) in [5.74, 6) is 2.17. The quantitative estimate of drug-likeness (QED) is 0.546. The Labute approximate surface area is 104 Å². The van der Waals surface area contributed by atoms with Crippen LogP contribution in [0.15, 0.2) is 45.9 Å². The lowest BCUT2D eigenvalue weighted by molar-refractivity contribution is 0.528. The molecule has 0 aliphatic carbocycles. The van der Waals surface area contributed by atoms with Crippen LogP contribution in [-0.4, -0.2) is 16.2 Å². The number of anilines is 1. The van der Waals surface area contributed by atoms with E-state index in [-0.39, 0.29) is 0 Å². The van der Waals surface area contributed by atoms with Crippen LogP contribution in [0.2, 0.25) is 0 Å². The molecule has 0 atom stereocenters. The number of hydrogen-bond acceptors (Lipinski definition) is 4. The average Bonchev–Trinajstić information content (AvgIpc) is 2.95. The Morgan fingerprint density at radius 2 is 2.17 bits per heavy atom. The zero-order valence-corrected chi connectivity index (χ0v) is 9.84. The van der Waals surface area contributed by atoms with E-state index < -0.39 is 0 Å². The molecule has 0 unspecified atom stereocenters. The van der Waals surface area contributed by atoms with Crippen LogP contribution < -0.4 is 5.43 Å². The van der Waals surface area contributed by atoms with Gasteiger partial charge in [-0.3, -0.25) is 0 Å². The third kappa shape index (κ3) is 2.10. The minimum atomic E-state index is 0.607. The van der Waals surface area contributed by atoms with E-state index in [1.807, 2.05) is 43.3 Å². The largest absolute Gasteiger partial charge is 0.460 e. The molecule has 5 heteroatoms. The molecule has 1 aromatic carbocycles. The molecule has 0 spiro atoms. The molecule has 0 fully saturated rings. The number of hydrogen-bond donors (Lipinski definition) is 2. The molecule has 2 aromatic heterocycles. The van der Waals surface area contributed by atoms with E-state index in [1.165, 1.54) is 0 Å². The Balaban J connectivity index is 1.74. The molecule has 0 aliphatic heterocycles. The number of nitrogens with one attached hydrogen (secondary N) is 2. The van der Waals surface area contributed by atoms with Crippen molar-refractivity contribution in [2.24, 2.45) is 5.10 Å². The summed E-state index contributed by atoms with van der Waals surface area (Å²) in [7, 11) is 0. The summed E-state index contributed by atoms with van der Waals surface area (Å²) in [4.78, 5) is 7.46. The molecule has 5 nitrogen and oxygen atoms in total. The highest BCUT2D eigenvalue weighted by Crippen LogP contribution is 2.13. The van der Waals surface area contributed by atoms with E-state index in [1.54, 1.807) is 6.21 Å². The Kier molecular flexibility index (Phi) is 2.57. The van der Waals surface area contributed by atoms with E-state index >= 15 is 0 Å². The van der Waals surface area contributed by atoms with Crippen molar-refractivity contribution < 1.29 is 4.42 Å². The minimum Gasteiger partial charge on any atom is -0.460 e. The third-order valence-corrected chi connectivity index (χ3v) is 2.51. The van der Waals surface area contributed by atoms with Gasteiger partial charge in [-0.15, -0.1) is 0 Å². The van der Waals surface area contributed by atoms with Gasteiger partial charge in [0, 0.05) is 0 Å². The number of aryl methyl sites for hydroxylation is 1. The second kappa shape index (κ2) is 4.37. The highest BCUT2D eigenvalue weighted by Gasteiger charge is 1.99. The standard InChI is InChI=1S/C13H12N4O/c1-9-6-7-10(18-9)8-14-17-13-15-11-4-2-3-5-12(11)16-13/h2-8H,1H3,(H2,15,16,17)/b14-8-. The van der Waals surface area contributed by atoms with Crippen molar-refractivity contribution >= 4 is 23.2 Å². The van der Waals surface area contributed by atoms with Gasteiger partial charge in [-0.25, -0.2) is 10.4 Å². The highest BCUT2D eigenvalue weighted by atomic mass is 16.3. The number of aromatic amines is 1. The van der Waals surface area contributed by atoms with Crippen molar-refractivity contribution in [3.8, 4) is 0 Å². The number of rotatable bonds is 3. The zero-order chi connectivity index (χ0) is 12.4. The van der Waals surface area contributed by atoms with Gasteiger partial charge in [-0.05, 0) is 31.2 Å². The first-order valence-electron chi connectivity index (χ1n) is 5.61. The lowest BCUT2D eigenvalue weighted by Crippen LogP contribution is -1.91. The molecule has 3 aromatic rings. The van der Waals surface area contributed by atoms with Gasteiger partial charge in [0.25, 0.3) is 0 Å². The van der Waals surface area contributed by atoms with Crippen molar-refractivity contribution in [3.63, 3.8) is 0 Å². The molecule has 0 saturated heterocycles. The van der Waals surface area contributed by atoms with Gasteiger partial charge in [0.15, 0.2) is 0 Å². The van der Waals surface area contributed by atoms with Gasteiger partial charge in [-0.2, -0.15) is 5.10 Å². The molecule has 0 radical (unpaired) electrons. The summed E-state index contributed by atoms with van der Waals surface area (Å²) in [6.45, 7) is 1.89. The maximum absolute atomic E-state index is 5.36. The first-order valence-corrected chi connectivity index (χ1v) is 5.61. The van der Waals surface area contributed by atoms with Crippen molar-refractivity contribution in [1.29, 1.82) is 0 Å². The topological polar surface area (TPSA) is 66.2 Å². The van der Waals surface area contributed by atoms with Crippen molar-refractivity contribution in [1.82, 2.24) is 9.97 Å². The molecule has 0 amide bonds. The summed E-state index contributed by atoms with van der Waals surface area (Å²) < 4.78 is 5.36. The Morgan fingerprint density at radius 3 is 2.94 bits per heavy atom. The van der Waals surface area contributed by atoms with Gasteiger partial charge in [0.2, 0.25) is 5.95 Å². The minimum absolute atomic E-state index is 0.607. The van der Waals surface area contributed by atoms with Crippen LogP contribution in [0.4, 0.5) is 5.95 Å². The molecule has 2 N–H and O–H groups in total. The smallest absolute Gasteiger partial charge is 0.222 e. The maximum atomic E-state index is 5.36. The van der Waals surface area contributed by atoms with Crippen LogP contribution in [0.3, 0.4) is 0 Å². The van der Waals surface area contributed by atoms with Crippen molar-refractivity contribution in [2.45, 2.75) is 6.92 Å². The third-order valence-electron chi connectivity index (χ3n) is 2.51. The average molecular weight is 240 g/mol. The van der Waals surface area contributed by atoms with E-state index in [0.29, 0.717) is 11.7 Å². The number of furan rings is 1. The normalized spacial score (nSPS) is 11.4. The molecular formula is C13H12N4O. The Bertz CT molecular complexity index is 663. The lowest BCUT2D eigenvalue weighted by Gasteiger charge is -1.91. The highest BCUT2D eigenvalue weighted by molar-refractivity contribution is 5.78. The molecule has 0 saturated carbocycles. The molecular weight excluding hydrogens is 228 g/mol. The summed E-state index contributed by atoms with van der Waals surface area (Å²) in [5, 5.41) is 4.06. The lowest BCUT2D eigenvalue weighted by atomic mass is 10.3. The monoisotopic (exact) mass is 240 g/mol. The first-order chi connectivity index (χ1) is 8.81. The first kappa shape index (κ1) is 10.6. The van der Waals surface area contributed by atoms with Crippen LogP contribution in [0.25, 0.3) is 11.0 Å². The molecule has 0 aliphatic rings. The van der Waals surface area contributed by atoms with Crippen LogP contribution in [0, 0.1) is 6.92 Å². The van der Waals surface area contributed by atoms with Gasteiger partial charge < -0.3 is 9.40 Å². The Hall–Kier alpha value is -2.56. The van der Waals surface area contributed by atoms with Gasteiger partial charge in [0.05, 0.1) is 17.2 Å². The molecule has 0 bridgehead atoms. The number of fused-ring (bicyclic) bond motifs is 1. The number of aromatic nitrogens is 2. The Morgan fingerprint density at radius 1 is 1.28 bits per heavy atom. The van der Waals surface area contributed by atoms with Crippen LogP contribution in [0.1, 0.15) is 11.5 Å². The van der Waals surface area contributed by atoms with Crippen LogP contribution in [0.5, 0.6) is 0 Å². The fourth-order valence-electron chi connectivity index (χ4n) is 1.69. The van der Waals surface area contributed by atoms with E-state index in [0.717, 1.165) is 16.8 Å². The second-order valence-corrected chi connectivity index (χ2v) is 3.92. The summed E-state index contributed by atoms with van der Waals surface area (Å²) in [6.07, 6.45) is 1.61. The summed E-state index contributed by atoms with van der Waals surface area (Å²) >= 11 is 0. The van der Waals surface area contributed by atoms with Crippen LogP contribution in [-0.2, 0) is 0 Å². The van der Waals surface area contributed by atoms with Crippen molar-refractivity contribution in [3.05, 3.63) is 47.9 Å². The van der Waals surface area contributed by atoms with Gasteiger partial charge >= 0.3 is 0 Å².